The van der Waals surface area contributed by atoms with Gasteiger partial charge >= 0.3 is 0 Å². The lowest BCUT2D eigenvalue weighted by Crippen LogP contribution is -2.08. The highest BCUT2D eigenvalue weighted by molar-refractivity contribution is 7.80. The fraction of sp³-hybridized carbons (Fsp3) is 0.222. The number of aryl methyl sites for hydroxylation is 1. The van der Waals surface area contributed by atoms with Gasteiger partial charge in [0, 0.05) is 6.42 Å². The zero-order chi connectivity index (χ0) is 8.29. The van der Waals surface area contributed by atoms with Gasteiger partial charge in [-0.15, -0.1) is 12.6 Å². The van der Waals surface area contributed by atoms with Gasteiger partial charge in [-0.3, -0.25) is 0 Å². The second kappa shape index (κ2) is 1.85. The van der Waals surface area contributed by atoms with Crippen molar-refractivity contribution < 1.29 is 0 Å². The average Bonchev–Trinajstić information content (AvgIpc) is 2.42. The molecule has 2 aromatic rings. The number of nitrogens with one attached hydrogen (secondary N) is 1. The Morgan fingerprint density at radius 1 is 1.58 bits per heavy atom. The summed E-state index contributed by atoms with van der Waals surface area (Å²) in [5, 5.41) is 0.713. The molecule has 1 aromatic carbocycles. The predicted octanol–water partition coefficient (Wildman–Crippen LogP) is 2.06. The van der Waals surface area contributed by atoms with E-state index in [1.807, 2.05) is 0 Å². The molecule has 0 spiro atoms. The van der Waals surface area contributed by atoms with Crippen molar-refractivity contribution in [3.05, 3.63) is 22.8 Å². The first-order valence-electron chi connectivity index (χ1n) is 3.96. The highest BCUT2D eigenvalue weighted by Gasteiger charge is 2.21. The zero-order valence-electron chi connectivity index (χ0n) is 6.68. The smallest absolute Gasteiger partial charge is 0.163 e. The Labute approximate surface area is 75.4 Å². The van der Waals surface area contributed by atoms with E-state index in [1.54, 1.807) is 0 Å². The molecule has 2 nitrogen and oxygen atoms in total. The van der Waals surface area contributed by atoms with Crippen molar-refractivity contribution in [2.45, 2.75) is 18.5 Å². The van der Waals surface area contributed by atoms with Crippen molar-refractivity contribution in [3.63, 3.8) is 0 Å². The maximum absolute atomic E-state index is 4.33. The first kappa shape index (κ1) is 6.54. The van der Waals surface area contributed by atoms with Crippen LogP contribution in [-0.2, 0) is 6.42 Å². The highest BCUT2D eigenvalue weighted by Crippen LogP contribution is 2.35. The molecular formula is C9H8N2S. The normalized spacial score (nSPS) is 13.5. The Morgan fingerprint density at radius 2 is 2.42 bits per heavy atom. The minimum absolute atomic E-state index is 0.713. The maximum atomic E-state index is 4.33. The van der Waals surface area contributed by atoms with Crippen LogP contribution in [0.25, 0.3) is 11.0 Å². The van der Waals surface area contributed by atoms with Gasteiger partial charge < -0.3 is 4.98 Å². The van der Waals surface area contributed by atoms with Crippen LogP contribution < -0.4 is 0 Å². The Morgan fingerprint density at radius 3 is 3.17 bits per heavy atom. The Kier molecular flexibility index (Phi) is 1.01. The van der Waals surface area contributed by atoms with Crippen molar-refractivity contribution in [1.29, 1.82) is 0 Å². The number of rotatable bonds is 0. The van der Waals surface area contributed by atoms with Crippen molar-refractivity contribution in [1.82, 2.24) is 9.97 Å². The van der Waals surface area contributed by atoms with Crippen LogP contribution in [0.1, 0.15) is 16.7 Å². The Balaban J connectivity index is 2.53. The van der Waals surface area contributed by atoms with Gasteiger partial charge in [0.05, 0.1) is 11.0 Å². The first-order chi connectivity index (χ1) is 5.75. The number of aromatic nitrogens is 2. The number of aromatic amines is 1. The average molecular weight is 176 g/mol. The molecule has 1 aromatic heterocycles. The van der Waals surface area contributed by atoms with E-state index in [1.165, 1.54) is 16.7 Å². The summed E-state index contributed by atoms with van der Waals surface area (Å²) >= 11 is 4.18. The van der Waals surface area contributed by atoms with Gasteiger partial charge in [-0.1, -0.05) is 0 Å². The Hall–Kier alpha value is -0.960. The summed E-state index contributed by atoms with van der Waals surface area (Å²) in [7, 11) is 0. The molecule has 0 aliphatic heterocycles. The van der Waals surface area contributed by atoms with Crippen LogP contribution in [0.4, 0.5) is 0 Å². The van der Waals surface area contributed by atoms with Crippen molar-refractivity contribution in [2.75, 3.05) is 0 Å². The summed E-state index contributed by atoms with van der Waals surface area (Å²) in [6.07, 6.45) is 1.09. The fourth-order valence-electron chi connectivity index (χ4n) is 1.85. The fourth-order valence-corrected chi connectivity index (χ4v) is 2.07. The number of hydrogen-bond donors (Lipinski definition) is 2. The summed E-state index contributed by atoms with van der Waals surface area (Å²) in [5.41, 5.74) is 6.46. The van der Waals surface area contributed by atoms with E-state index in [4.69, 9.17) is 0 Å². The quantitative estimate of drug-likeness (QED) is 0.504. The van der Waals surface area contributed by atoms with Crippen LogP contribution in [-0.4, -0.2) is 9.97 Å². The number of H-pyrrole nitrogens is 1. The van der Waals surface area contributed by atoms with Crippen molar-refractivity contribution in [3.8, 4) is 0 Å². The summed E-state index contributed by atoms with van der Waals surface area (Å²) in [6.45, 7) is 2.15. The molecule has 0 amide bonds. The summed E-state index contributed by atoms with van der Waals surface area (Å²) in [6, 6.07) is 2.17. The first-order valence-corrected chi connectivity index (χ1v) is 4.40. The van der Waals surface area contributed by atoms with E-state index in [2.05, 4.69) is 35.6 Å². The molecule has 2 aliphatic carbocycles. The van der Waals surface area contributed by atoms with Gasteiger partial charge in [-0.25, -0.2) is 4.98 Å². The molecular weight excluding hydrogens is 168 g/mol. The summed E-state index contributed by atoms with van der Waals surface area (Å²) in [4.78, 5) is 7.45. The van der Waals surface area contributed by atoms with Crippen molar-refractivity contribution in [2.24, 2.45) is 0 Å². The molecule has 0 unspecified atom stereocenters. The Bertz CT molecular complexity index is 485. The van der Waals surface area contributed by atoms with Gasteiger partial charge in [0.2, 0.25) is 0 Å². The van der Waals surface area contributed by atoms with Crippen molar-refractivity contribution >= 4 is 23.7 Å². The molecule has 2 bridgehead atoms. The van der Waals surface area contributed by atoms with Crippen LogP contribution in [0.5, 0.6) is 0 Å². The third-order valence-electron chi connectivity index (χ3n) is 2.63. The lowest BCUT2D eigenvalue weighted by atomic mass is 9.84. The molecule has 0 saturated carbocycles. The van der Waals surface area contributed by atoms with Crippen LogP contribution >= 0.6 is 12.6 Å². The van der Waals surface area contributed by atoms with Crippen LogP contribution in [0.15, 0.2) is 11.2 Å². The maximum Gasteiger partial charge on any atom is 0.163 e. The highest BCUT2D eigenvalue weighted by atomic mass is 32.1. The van der Waals surface area contributed by atoms with E-state index in [0.717, 1.165) is 17.5 Å². The van der Waals surface area contributed by atoms with Gasteiger partial charge in [0.1, 0.15) is 0 Å². The van der Waals surface area contributed by atoms with Gasteiger partial charge in [-0.05, 0) is 29.7 Å². The lowest BCUT2D eigenvalue weighted by Gasteiger charge is -2.20. The molecule has 1 heterocycles. The molecule has 4 rings (SSSR count). The number of thiol groups is 1. The standard InChI is InChI=1S/C9H8N2S/c1-4-5-2-6(4)8-7(3-5)10-9(12)11-8/h3H,2H2,1H3,(H2,10,11,12). The minimum atomic E-state index is 0.713. The monoisotopic (exact) mass is 176 g/mol. The third-order valence-corrected chi connectivity index (χ3v) is 2.84. The topological polar surface area (TPSA) is 28.7 Å². The number of imidazole rings is 1. The molecule has 1 N–H and O–H groups in total. The summed E-state index contributed by atoms with van der Waals surface area (Å²) < 4.78 is 0. The third kappa shape index (κ3) is 0.607. The molecule has 3 heteroatoms. The number of nitrogens with zero attached hydrogens (tertiary/aromatic N) is 1. The van der Waals surface area contributed by atoms with Gasteiger partial charge in [0.25, 0.3) is 0 Å². The summed E-state index contributed by atoms with van der Waals surface area (Å²) in [5.74, 6) is 0. The number of hydrogen-bond acceptors (Lipinski definition) is 2. The van der Waals surface area contributed by atoms with Gasteiger partial charge in [0.15, 0.2) is 5.16 Å². The molecule has 0 fully saturated rings. The largest absolute Gasteiger partial charge is 0.333 e. The predicted molar refractivity (Wildman–Crippen MR) is 50.9 cm³/mol. The van der Waals surface area contributed by atoms with E-state index >= 15 is 0 Å². The molecule has 0 atom stereocenters. The lowest BCUT2D eigenvalue weighted by molar-refractivity contribution is 1.04. The van der Waals surface area contributed by atoms with E-state index in [0.29, 0.717) is 5.16 Å². The molecule has 0 saturated heterocycles. The second-order valence-electron chi connectivity index (χ2n) is 3.27. The van der Waals surface area contributed by atoms with E-state index in [-0.39, 0.29) is 0 Å². The molecule has 60 valence electrons. The van der Waals surface area contributed by atoms with E-state index in [9.17, 15) is 0 Å². The van der Waals surface area contributed by atoms with Gasteiger partial charge in [-0.2, -0.15) is 0 Å². The SMILES string of the molecule is Cc1c2cc3[nH]c(S)nc3c1C2. The zero-order valence-corrected chi connectivity index (χ0v) is 7.57. The van der Waals surface area contributed by atoms with Crippen LogP contribution in [0.2, 0.25) is 0 Å². The molecule has 12 heavy (non-hydrogen) atoms. The van der Waals surface area contributed by atoms with Crippen LogP contribution in [0.3, 0.4) is 0 Å². The number of benzene rings is 1. The minimum Gasteiger partial charge on any atom is -0.333 e. The van der Waals surface area contributed by atoms with Crippen LogP contribution in [0, 0.1) is 6.92 Å². The second-order valence-corrected chi connectivity index (χ2v) is 3.70. The molecule has 2 aliphatic rings. The molecule has 0 radical (unpaired) electrons. The van der Waals surface area contributed by atoms with E-state index < -0.39 is 0 Å².